The normalized spacial score (nSPS) is 22.9. The van der Waals surface area contributed by atoms with Gasteiger partial charge in [0, 0.05) is 19.6 Å². The summed E-state index contributed by atoms with van der Waals surface area (Å²) in [6, 6.07) is 6.95. The summed E-state index contributed by atoms with van der Waals surface area (Å²) in [7, 11) is 2.15. The third-order valence-corrected chi connectivity index (χ3v) is 3.78. The van der Waals surface area contributed by atoms with Crippen molar-refractivity contribution < 1.29 is 4.74 Å². The van der Waals surface area contributed by atoms with Crippen LogP contribution in [0.25, 0.3) is 0 Å². The molecule has 1 fully saturated rings. The van der Waals surface area contributed by atoms with Gasteiger partial charge in [0.05, 0.1) is 5.69 Å². The van der Waals surface area contributed by atoms with E-state index < -0.39 is 0 Å². The van der Waals surface area contributed by atoms with E-state index in [0.717, 1.165) is 31.9 Å². The molecule has 2 aliphatic heterocycles. The molecular formula is C14H20N2O. The molecule has 0 saturated carbocycles. The smallest absolute Gasteiger partial charge is 0.142 e. The number of likely N-dealkylation sites (N-methyl/N-ethyl adjacent to an activating group) is 1. The molecule has 3 rings (SSSR count). The Balaban J connectivity index is 1.72. The second-order valence-electron chi connectivity index (χ2n) is 5.04. The number of nitrogens with one attached hydrogen (secondary N) is 1. The van der Waals surface area contributed by atoms with Crippen molar-refractivity contribution in [1.82, 2.24) is 5.32 Å². The van der Waals surface area contributed by atoms with Gasteiger partial charge in [0.25, 0.3) is 0 Å². The van der Waals surface area contributed by atoms with E-state index in [4.69, 9.17) is 4.74 Å². The van der Waals surface area contributed by atoms with Crippen LogP contribution >= 0.6 is 0 Å². The molecule has 1 N–H and O–H groups in total. The average molecular weight is 232 g/mol. The molecule has 0 bridgehead atoms. The molecule has 92 valence electrons. The van der Waals surface area contributed by atoms with Crippen molar-refractivity contribution in [2.24, 2.45) is 0 Å². The maximum atomic E-state index is 6.00. The summed E-state index contributed by atoms with van der Waals surface area (Å²) in [6.07, 6.45) is 3.66. The van der Waals surface area contributed by atoms with Gasteiger partial charge >= 0.3 is 0 Å². The standard InChI is InChI=1S/C14H20N2O/c1-16-9-7-11-4-2-6-13(14(11)16)17-10-12-5-3-8-15-12/h2,4,6,12,15H,3,5,7-10H2,1H3. The van der Waals surface area contributed by atoms with Crippen LogP contribution in [-0.2, 0) is 6.42 Å². The first-order chi connectivity index (χ1) is 8.34. The van der Waals surface area contributed by atoms with Crippen LogP contribution in [-0.4, -0.2) is 32.8 Å². The Kier molecular flexibility index (Phi) is 2.93. The van der Waals surface area contributed by atoms with Crippen LogP contribution in [0.2, 0.25) is 0 Å². The zero-order chi connectivity index (χ0) is 11.7. The number of nitrogens with zero attached hydrogens (tertiary/aromatic N) is 1. The maximum absolute atomic E-state index is 6.00. The first kappa shape index (κ1) is 10.9. The lowest BCUT2D eigenvalue weighted by molar-refractivity contribution is 0.278. The molecule has 1 aromatic rings. The monoisotopic (exact) mass is 232 g/mol. The number of anilines is 1. The topological polar surface area (TPSA) is 24.5 Å². The molecule has 1 aromatic carbocycles. The summed E-state index contributed by atoms with van der Waals surface area (Å²) >= 11 is 0. The van der Waals surface area contributed by atoms with Crippen molar-refractivity contribution in [3.8, 4) is 5.75 Å². The molecular weight excluding hydrogens is 212 g/mol. The Hall–Kier alpha value is -1.22. The lowest BCUT2D eigenvalue weighted by atomic mass is 10.1. The second kappa shape index (κ2) is 4.57. The molecule has 1 unspecified atom stereocenters. The molecule has 1 saturated heterocycles. The Morgan fingerprint density at radius 1 is 1.47 bits per heavy atom. The SMILES string of the molecule is CN1CCc2cccc(OCC3CCCN3)c21. The Labute approximate surface area is 103 Å². The minimum atomic E-state index is 0.539. The van der Waals surface area contributed by atoms with E-state index in [-0.39, 0.29) is 0 Å². The molecule has 2 heterocycles. The predicted molar refractivity (Wildman–Crippen MR) is 69.9 cm³/mol. The molecule has 0 amide bonds. The van der Waals surface area contributed by atoms with Crippen molar-refractivity contribution in [3.05, 3.63) is 23.8 Å². The van der Waals surface area contributed by atoms with Gasteiger partial charge in [-0.2, -0.15) is 0 Å². The van der Waals surface area contributed by atoms with E-state index >= 15 is 0 Å². The molecule has 1 atom stereocenters. The Morgan fingerprint density at radius 3 is 3.24 bits per heavy atom. The molecule has 0 aliphatic carbocycles. The third kappa shape index (κ3) is 2.12. The summed E-state index contributed by atoms with van der Waals surface area (Å²) in [5.74, 6) is 1.05. The van der Waals surface area contributed by atoms with E-state index in [2.05, 4.69) is 35.5 Å². The van der Waals surface area contributed by atoms with Crippen molar-refractivity contribution in [2.45, 2.75) is 25.3 Å². The largest absolute Gasteiger partial charge is 0.490 e. The molecule has 0 radical (unpaired) electrons. The van der Waals surface area contributed by atoms with Crippen LogP contribution in [0, 0.1) is 0 Å². The van der Waals surface area contributed by atoms with Gasteiger partial charge in [-0.15, -0.1) is 0 Å². The summed E-state index contributed by atoms with van der Waals surface area (Å²) in [5, 5.41) is 3.47. The lowest BCUT2D eigenvalue weighted by Gasteiger charge is -2.19. The van der Waals surface area contributed by atoms with Gasteiger partial charge in [0.1, 0.15) is 12.4 Å². The van der Waals surface area contributed by atoms with Gasteiger partial charge in [-0.05, 0) is 37.4 Å². The maximum Gasteiger partial charge on any atom is 0.142 e. The van der Waals surface area contributed by atoms with Gasteiger partial charge in [0.15, 0.2) is 0 Å². The fourth-order valence-electron chi connectivity index (χ4n) is 2.81. The molecule has 17 heavy (non-hydrogen) atoms. The highest BCUT2D eigenvalue weighted by atomic mass is 16.5. The summed E-state index contributed by atoms with van der Waals surface area (Å²) in [6.45, 7) is 3.04. The molecule has 3 nitrogen and oxygen atoms in total. The van der Waals surface area contributed by atoms with Crippen molar-refractivity contribution >= 4 is 5.69 Å². The molecule has 0 spiro atoms. The van der Waals surface area contributed by atoms with Crippen LogP contribution in [0.4, 0.5) is 5.69 Å². The van der Waals surface area contributed by atoms with Crippen molar-refractivity contribution in [2.75, 3.05) is 31.6 Å². The highest BCUT2D eigenvalue weighted by Gasteiger charge is 2.21. The molecule has 0 aromatic heterocycles. The van der Waals surface area contributed by atoms with Gasteiger partial charge in [-0.1, -0.05) is 12.1 Å². The summed E-state index contributed by atoms with van der Waals surface area (Å²) in [5.41, 5.74) is 2.72. The highest BCUT2D eigenvalue weighted by molar-refractivity contribution is 5.66. The van der Waals surface area contributed by atoms with Crippen LogP contribution in [0.1, 0.15) is 18.4 Å². The van der Waals surface area contributed by atoms with Gasteiger partial charge in [-0.3, -0.25) is 0 Å². The number of ether oxygens (including phenoxy) is 1. The second-order valence-corrected chi connectivity index (χ2v) is 5.04. The highest BCUT2D eigenvalue weighted by Crippen LogP contribution is 2.36. The van der Waals surface area contributed by atoms with Gasteiger partial charge in [-0.25, -0.2) is 0 Å². The lowest BCUT2D eigenvalue weighted by Crippen LogP contribution is -2.28. The minimum absolute atomic E-state index is 0.539. The quantitative estimate of drug-likeness (QED) is 0.860. The fourth-order valence-corrected chi connectivity index (χ4v) is 2.81. The van der Waals surface area contributed by atoms with E-state index in [9.17, 15) is 0 Å². The number of para-hydroxylation sites is 1. The van der Waals surface area contributed by atoms with Crippen LogP contribution < -0.4 is 15.0 Å². The van der Waals surface area contributed by atoms with E-state index in [1.165, 1.54) is 24.1 Å². The zero-order valence-corrected chi connectivity index (χ0v) is 10.4. The van der Waals surface area contributed by atoms with Crippen LogP contribution in [0.3, 0.4) is 0 Å². The Bertz CT molecular complexity index is 399. The summed E-state index contributed by atoms with van der Waals surface area (Å²) in [4.78, 5) is 2.30. The first-order valence-electron chi connectivity index (χ1n) is 6.54. The molecule has 3 heteroatoms. The van der Waals surface area contributed by atoms with E-state index in [1.54, 1.807) is 0 Å². The van der Waals surface area contributed by atoms with E-state index in [0.29, 0.717) is 6.04 Å². The van der Waals surface area contributed by atoms with Gasteiger partial charge in [0.2, 0.25) is 0 Å². The van der Waals surface area contributed by atoms with Gasteiger partial charge < -0.3 is 15.0 Å². The van der Waals surface area contributed by atoms with Crippen LogP contribution in [0.5, 0.6) is 5.75 Å². The van der Waals surface area contributed by atoms with Crippen molar-refractivity contribution in [1.29, 1.82) is 0 Å². The van der Waals surface area contributed by atoms with Crippen LogP contribution in [0.15, 0.2) is 18.2 Å². The Morgan fingerprint density at radius 2 is 2.41 bits per heavy atom. The molecule has 2 aliphatic rings. The number of benzene rings is 1. The number of hydrogen-bond acceptors (Lipinski definition) is 3. The fraction of sp³-hybridized carbons (Fsp3) is 0.571. The predicted octanol–water partition coefficient (Wildman–Crippen LogP) is 1.81. The number of fused-ring (bicyclic) bond motifs is 1. The first-order valence-corrected chi connectivity index (χ1v) is 6.54. The van der Waals surface area contributed by atoms with Crippen molar-refractivity contribution in [3.63, 3.8) is 0 Å². The number of hydrogen-bond donors (Lipinski definition) is 1. The van der Waals surface area contributed by atoms with E-state index in [1.807, 2.05) is 0 Å². The average Bonchev–Trinajstić information content (AvgIpc) is 2.97. The summed E-state index contributed by atoms with van der Waals surface area (Å²) < 4.78 is 6.00. The number of rotatable bonds is 3. The zero-order valence-electron chi connectivity index (χ0n) is 10.4. The minimum Gasteiger partial charge on any atom is -0.490 e. The third-order valence-electron chi connectivity index (χ3n) is 3.78.